The summed E-state index contributed by atoms with van der Waals surface area (Å²) in [6, 6.07) is 17.6. The third-order valence-corrected chi connectivity index (χ3v) is 5.53. The summed E-state index contributed by atoms with van der Waals surface area (Å²) in [5.74, 6) is 0.197. The first-order valence-corrected chi connectivity index (χ1v) is 9.85. The van der Waals surface area contributed by atoms with E-state index in [4.69, 9.17) is 0 Å². The van der Waals surface area contributed by atoms with E-state index < -0.39 is 0 Å². The molecule has 1 fully saturated rings. The standard InChI is InChI=1S/C23H26FN3/c24-22-13-5-4-12-20(22)21-16-25-26-23(21)19-11-7-15-27(17-19)14-6-10-18-8-2-1-3-9-18/h1-5,8-9,12-13,16,19H,6-7,10-11,14-15,17H2,(H,25,26)/t19-/m1/s1. The Morgan fingerprint density at radius 1 is 1.04 bits per heavy atom. The molecular weight excluding hydrogens is 337 g/mol. The minimum Gasteiger partial charge on any atom is -0.303 e. The number of aryl methyl sites for hydroxylation is 1. The molecule has 2 heterocycles. The number of hydrogen-bond donors (Lipinski definition) is 1. The fourth-order valence-corrected chi connectivity index (χ4v) is 4.15. The first-order chi connectivity index (χ1) is 13.3. The van der Waals surface area contributed by atoms with Crippen LogP contribution in [0.25, 0.3) is 11.1 Å². The molecule has 1 aliphatic rings. The lowest BCUT2D eigenvalue weighted by Crippen LogP contribution is -2.35. The number of nitrogens with one attached hydrogen (secondary N) is 1. The lowest BCUT2D eigenvalue weighted by Gasteiger charge is -2.32. The molecule has 0 aliphatic carbocycles. The minimum absolute atomic E-state index is 0.185. The molecular formula is C23H26FN3. The molecule has 0 amide bonds. The van der Waals surface area contributed by atoms with Crippen LogP contribution < -0.4 is 0 Å². The van der Waals surface area contributed by atoms with E-state index in [2.05, 4.69) is 45.4 Å². The molecule has 3 aromatic rings. The summed E-state index contributed by atoms with van der Waals surface area (Å²) in [4.78, 5) is 2.54. The Morgan fingerprint density at radius 2 is 1.85 bits per heavy atom. The van der Waals surface area contributed by atoms with Crippen molar-refractivity contribution in [3.8, 4) is 11.1 Å². The predicted octanol–water partition coefficient (Wildman–Crippen LogP) is 5.03. The molecule has 0 unspecified atom stereocenters. The van der Waals surface area contributed by atoms with Gasteiger partial charge in [-0.1, -0.05) is 48.5 Å². The van der Waals surface area contributed by atoms with Crippen molar-refractivity contribution in [2.45, 2.75) is 31.6 Å². The second-order valence-corrected chi connectivity index (χ2v) is 7.41. The number of rotatable bonds is 6. The Morgan fingerprint density at radius 3 is 2.70 bits per heavy atom. The third kappa shape index (κ3) is 4.28. The second-order valence-electron chi connectivity index (χ2n) is 7.41. The summed E-state index contributed by atoms with van der Waals surface area (Å²) in [5.41, 5.74) is 4.03. The number of hydrogen-bond acceptors (Lipinski definition) is 2. The van der Waals surface area contributed by atoms with E-state index >= 15 is 0 Å². The van der Waals surface area contributed by atoms with Gasteiger partial charge < -0.3 is 4.90 Å². The summed E-state index contributed by atoms with van der Waals surface area (Å²) in [7, 11) is 0. The highest BCUT2D eigenvalue weighted by Gasteiger charge is 2.25. The summed E-state index contributed by atoms with van der Waals surface area (Å²) in [6.45, 7) is 3.27. The molecule has 0 radical (unpaired) electrons. The van der Waals surface area contributed by atoms with Crippen LogP contribution in [0, 0.1) is 5.82 Å². The monoisotopic (exact) mass is 363 g/mol. The quantitative estimate of drug-likeness (QED) is 0.666. The molecule has 0 bridgehead atoms. The van der Waals surface area contributed by atoms with E-state index in [0.29, 0.717) is 11.5 Å². The van der Waals surface area contributed by atoms with Crippen LogP contribution in [0.5, 0.6) is 0 Å². The van der Waals surface area contributed by atoms with Gasteiger partial charge in [-0.05, 0) is 50.4 Å². The number of benzene rings is 2. The predicted molar refractivity (Wildman–Crippen MR) is 107 cm³/mol. The van der Waals surface area contributed by atoms with Crippen LogP contribution in [0.1, 0.15) is 36.4 Å². The number of nitrogens with zero attached hydrogens (tertiary/aromatic N) is 2. The fraction of sp³-hybridized carbons (Fsp3) is 0.348. The molecule has 1 aromatic heterocycles. The van der Waals surface area contributed by atoms with E-state index in [1.165, 1.54) is 24.5 Å². The van der Waals surface area contributed by atoms with Crippen LogP contribution in [0.3, 0.4) is 0 Å². The molecule has 0 spiro atoms. The van der Waals surface area contributed by atoms with Gasteiger partial charge in [-0.2, -0.15) is 5.10 Å². The van der Waals surface area contributed by atoms with Crippen molar-refractivity contribution in [3.63, 3.8) is 0 Å². The molecule has 0 saturated carbocycles. The van der Waals surface area contributed by atoms with Crippen molar-refractivity contribution in [1.29, 1.82) is 0 Å². The van der Waals surface area contributed by atoms with Gasteiger partial charge in [-0.15, -0.1) is 0 Å². The van der Waals surface area contributed by atoms with Gasteiger partial charge in [-0.3, -0.25) is 5.10 Å². The zero-order valence-electron chi connectivity index (χ0n) is 15.6. The molecule has 4 rings (SSSR count). The largest absolute Gasteiger partial charge is 0.303 e. The lowest BCUT2D eigenvalue weighted by atomic mass is 9.90. The van der Waals surface area contributed by atoms with Crippen LogP contribution in [0.2, 0.25) is 0 Å². The smallest absolute Gasteiger partial charge is 0.131 e. The van der Waals surface area contributed by atoms with Gasteiger partial charge in [0, 0.05) is 29.3 Å². The van der Waals surface area contributed by atoms with Gasteiger partial charge in [0.25, 0.3) is 0 Å². The molecule has 3 nitrogen and oxygen atoms in total. The van der Waals surface area contributed by atoms with Crippen LogP contribution >= 0.6 is 0 Å². The summed E-state index contributed by atoms with van der Waals surface area (Å²) in [6.07, 6.45) is 6.35. The maximum atomic E-state index is 14.3. The summed E-state index contributed by atoms with van der Waals surface area (Å²) in [5, 5.41) is 7.39. The molecule has 1 aliphatic heterocycles. The normalized spacial score (nSPS) is 17.9. The van der Waals surface area contributed by atoms with Crippen LogP contribution in [0.4, 0.5) is 4.39 Å². The summed E-state index contributed by atoms with van der Waals surface area (Å²) < 4.78 is 14.3. The first-order valence-electron chi connectivity index (χ1n) is 9.85. The molecule has 27 heavy (non-hydrogen) atoms. The van der Waals surface area contributed by atoms with Gasteiger partial charge >= 0.3 is 0 Å². The lowest BCUT2D eigenvalue weighted by molar-refractivity contribution is 0.204. The highest BCUT2D eigenvalue weighted by molar-refractivity contribution is 5.66. The molecule has 4 heteroatoms. The highest BCUT2D eigenvalue weighted by Crippen LogP contribution is 2.34. The molecule has 1 saturated heterocycles. The number of aromatic nitrogens is 2. The van der Waals surface area contributed by atoms with Crippen molar-refractivity contribution in [1.82, 2.24) is 15.1 Å². The Labute approximate surface area is 160 Å². The topological polar surface area (TPSA) is 31.9 Å². The average molecular weight is 363 g/mol. The fourth-order valence-electron chi connectivity index (χ4n) is 4.15. The van der Waals surface area contributed by atoms with Crippen molar-refractivity contribution in [2.24, 2.45) is 0 Å². The van der Waals surface area contributed by atoms with E-state index in [0.717, 1.165) is 43.7 Å². The number of piperidine rings is 1. The van der Waals surface area contributed by atoms with E-state index in [-0.39, 0.29) is 5.82 Å². The van der Waals surface area contributed by atoms with Crippen LogP contribution in [-0.2, 0) is 6.42 Å². The van der Waals surface area contributed by atoms with Gasteiger partial charge in [0.15, 0.2) is 0 Å². The molecule has 1 N–H and O–H groups in total. The molecule has 2 aromatic carbocycles. The second kappa shape index (κ2) is 8.49. The Hall–Kier alpha value is -2.46. The molecule has 1 atom stereocenters. The molecule has 140 valence electrons. The SMILES string of the molecule is Fc1ccccc1-c1cn[nH]c1[C@@H]1CCCN(CCCc2ccccc2)C1. The highest BCUT2D eigenvalue weighted by atomic mass is 19.1. The Kier molecular flexibility index (Phi) is 5.64. The van der Waals surface area contributed by atoms with Gasteiger partial charge in [-0.25, -0.2) is 4.39 Å². The van der Waals surface area contributed by atoms with Crippen molar-refractivity contribution in [3.05, 3.63) is 77.9 Å². The van der Waals surface area contributed by atoms with Crippen LogP contribution in [0.15, 0.2) is 60.8 Å². The maximum Gasteiger partial charge on any atom is 0.131 e. The van der Waals surface area contributed by atoms with Crippen molar-refractivity contribution in [2.75, 3.05) is 19.6 Å². The zero-order valence-corrected chi connectivity index (χ0v) is 15.6. The number of likely N-dealkylation sites (tertiary alicyclic amines) is 1. The first kappa shape index (κ1) is 17.9. The average Bonchev–Trinajstić information content (AvgIpc) is 3.19. The van der Waals surface area contributed by atoms with Crippen molar-refractivity contribution < 1.29 is 4.39 Å². The van der Waals surface area contributed by atoms with E-state index in [1.807, 2.05) is 12.1 Å². The minimum atomic E-state index is -0.185. The maximum absolute atomic E-state index is 14.3. The summed E-state index contributed by atoms with van der Waals surface area (Å²) >= 11 is 0. The zero-order chi connectivity index (χ0) is 18.5. The van der Waals surface area contributed by atoms with E-state index in [9.17, 15) is 4.39 Å². The number of H-pyrrole nitrogens is 1. The van der Waals surface area contributed by atoms with Crippen molar-refractivity contribution >= 4 is 0 Å². The Bertz CT molecular complexity index is 859. The van der Waals surface area contributed by atoms with Gasteiger partial charge in [0.05, 0.1) is 6.20 Å². The Balaban J connectivity index is 1.40. The van der Waals surface area contributed by atoms with E-state index in [1.54, 1.807) is 12.3 Å². The number of halogens is 1. The third-order valence-electron chi connectivity index (χ3n) is 5.53. The van der Waals surface area contributed by atoms with Crippen LogP contribution in [-0.4, -0.2) is 34.7 Å². The van der Waals surface area contributed by atoms with Gasteiger partial charge in [0.1, 0.15) is 5.82 Å². The van der Waals surface area contributed by atoms with Gasteiger partial charge in [0.2, 0.25) is 0 Å². The number of aromatic amines is 1.